The van der Waals surface area contributed by atoms with E-state index in [0.29, 0.717) is 62.9 Å². The monoisotopic (exact) mass is 814 g/mol. The molecule has 13 nitrogen and oxygen atoms in total. The molecular weight excluding hydrogens is 749 g/mol. The van der Waals surface area contributed by atoms with Crippen LogP contribution in [0.1, 0.15) is 88.3 Å². The topological polar surface area (TPSA) is 208 Å². The van der Waals surface area contributed by atoms with E-state index in [1.54, 1.807) is 36.4 Å². The van der Waals surface area contributed by atoms with Gasteiger partial charge in [-0.3, -0.25) is 19.2 Å². The normalized spacial score (nSPS) is 13.2. The molecule has 0 aliphatic heterocycles. The predicted molar refractivity (Wildman–Crippen MR) is 230 cm³/mol. The summed E-state index contributed by atoms with van der Waals surface area (Å²) in [6, 6.07) is 20.0. The number of carbonyl (C=O) groups excluding carboxylic acids is 4. The molecule has 0 heterocycles. The maximum Gasteiger partial charge on any atom is 0.326 e. The Morgan fingerprint density at radius 3 is 1.61 bits per heavy atom. The van der Waals surface area contributed by atoms with E-state index in [9.17, 15) is 29.4 Å². The Kier molecular flexibility index (Phi) is 21.7. The lowest BCUT2D eigenvalue weighted by molar-refractivity contribution is -0.146. The number of aromatic hydroxyl groups is 1. The second-order valence-electron chi connectivity index (χ2n) is 15.7. The van der Waals surface area contributed by atoms with Crippen LogP contribution in [0.15, 0.2) is 84.9 Å². The Labute approximate surface area is 349 Å². The summed E-state index contributed by atoms with van der Waals surface area (Å²) >= 11 is 0. The van der Waals surface area contributed by atoms with Crippen molar-refractivity contribution in [3.05, 3.63) is 102 Å². The molecule has 4 amide bonds. The lowest BCUT2D eigenvalue weighted by Gasteiger charge is -2.36. The Bertz CT molecular complexity index is 1690. The van der Waals surface area contributed by atoms with E-state index in [4.69, 9.17) is 11.5 Å². The predicted octanol–water partition coefficient (Wildman–Crippen LogP) is 4.58. The van der Waals surface area contributed by atoms with Crippen LogP contribution in [0, 0.1) is 5.92 Å². The van der Waals surface area contributed by atoms with Gasteiger partial charge in [0.05, 0.1) is 0 Å². The number of nitrogens with one attached hydrogen (secondary N) is 2. The smallest absolute Gasteiger partial charge is 0.326 e. The van der Waals surface area contributed by atoms with Crippen LogP contribution < -0.4 is 22.1 Å². The van der Waals surface area contributed by atoms with Gasteiger partial charge < -0.3 is 42.1 Å². The van der Waals surface area contributed by atoms with Crippen LogP contribution in [-0.2, 0) is 43.2 Å². The van der Waals surface area contributed by atoms with E-state index in [1.807, 2.05) is 50.2 Å². The van der Waals surface area contributed by atoms with Crippen LogP contribution in [0.5, 0.6) is 5.75 Å². The van der Waals surface area contributed by atoms with Crippen molar-refractivity contribution in [3.8, 4) is 5.75 Å². The summed E-state index contributed by atoms with van der Waals surface area (Å²) in [5.74, 6) is -2.81. The Balaban J connectivity index is 2.08. The minimum atomic E-state index is -1.30. The van der Waals surface area contributed by atoms with Gasteiger partial charge in [0.15, 0.2) is 0 Å². The number of aliphatic carboxylic acids is 1. The number of hydrogen-bond donors (Lipinski definition) is 6. The third kappa shape index (κ3) is 17.2. The average Bonchev–Trinajstić information content (AvgIpc) is 3.22. The zero-order chi connectivity index (χ0) is 43.0. The molecule has 0 fully saturated rings. The summed E-state index contributed by atoms with van der Waals surface area (Å²) in [7, 11) is 0. The van der Waals surface area contributed by atoms with Crippen molar-refractivity contribution in [2.24, 2.45) is 17.4 Å². The van der Waals surface area contributed by atoms with Crippen LogP contribution in [-0.4, -0.2) is 100 Å². The number of phenols is 1. The first-order valence-corrected chi connectivity index (χ1v) is 21.1. The molecular formula is C46H66N6O7. The van der Waals surface area contributed by atoms with Crippen molar-refractivity contribution in [3.63, 3.8) is 0 Å². The molecule has 3 aromatic rings. The number of carboxylic acid groups (broad SMARTS) is 1. The van der Waals surface area contributed by atoms with Gasteiger partial charge in [-0.05, 0) is 79.9 Å². The van der Waals surface area contributed by atoms with Gasteiger partial charge in [-0.2, -0.15) is 0 Å². The summed E-state index contributed by atoms with van der Waals surface area (Å²) in [5, 5.41) is 26.1. The van der Waals surface area contributed by atoms with Crippen LogP contribution in [0.2, 0.25) is 0 Å². The second kappa shape index (κ2) is 26.7. The first kappa shape index (κ1) is 48.1. The summed E-state index contributed by atoms with van der Waals surface area (Å²) in [6.45, 7) is 5.55. The summed E-state index contributed by atoms with van der Waals surface area (Å²) in [6.07, 6.45) is 7.35. The maximum absolute atomic E-state index is 15.2. The Morgan fingerprint density at radius 2 is 1.10 bits per heavy atom. The van der Waals surface area contributed by atoms with Crippen LogP contribution in [0.4, 0.5) is 0 Å². The van der Waals surface area contributed by atoms with Crippen LogP contribution in [0.3, 0.4) is 0 Å². The lowest BCUT2D eigenvalue weighted by Crippen LogP contribution is -2.60. The molecule has 0 aliphatic rings. The molecule has 0 saturated heterocycles. The molecule has 3 aromatic carbocycles. The van der Waals surface area contributed by atoms with Gasteiger partial charge in [-0.15, -0.1) is 0 Å². The minimum absolute atomic E-state index is 0.00336. The van der Waals surface area contributed by atoms with Gasteiger partial charge in [0.2, 0.25) is 24.1 Å². The van der Waals surface area contributed by atoms with Crippen molar-refractivity contribution < 1.29 is 34.2 Å². The number of phenolic OH excluding ortho intramolecular Hbond substituents is 1. The van der Waals surface area contributed by atoms with Crippen LogP contribution >= 0.6 is 0 Å². The van der Waals surface area contributed by atoms with E-state index in [-0.39, 0.29) is 37.5 Å². The van der Waals surface area contributed by atoms with Crippen molar-refractivity contribution in [2.45, 2.75) is 115 Å². The molecule has 0 saturated carbocycles. The zero-order valence-corrected chi connectivity index (χ0v) is 34.8. The fraction of sp³-hybridized carbons (Fsp3) is 0.500. The highest BCUT2D eigenvalue weighted by Crippen LogP contribution is 2.20. The van der Waals surface area contributed by atoms with Gasteiger partial charge in [0.25, 0.3) is 0 Å². The van der Waals surface area contributed by atoms with E-state index in [0.717, 1.165) is 37.7 Å². The zero-order valence-electron chi connectivity index (χ0n) is 34.8. The quantitative estimate of drug-likeness (QED) is 0.0428. The molecule has 0 bridgehead atoms. The van der Waals surface area contributed by atoms with Gasteiger partial charge in [0.1, 0.15) is 29.9 Å². The molecule has 59 heavy (non-hydrogen) atoms. The first-order valence-electron chi connectivity index (χ1n) is 21.1. The number of hydrogen-bond acceptors (Lipinski definition) is 8. The number of carboxylic acids is 1. The van der Waals surface area contributed by atoms with Crippen molar-refractivity contribution >= 4 is 30.1 Å². The van der Waals surface area contributed by atoms with Gasteiger partial charge in [-0.1, -0.05) is 112 Å². The molecule has 13 heteroatoms. The van der Waals surface area contributed by atoms with E-state index < -0.39 is 47.9 Å². The molecule has 0 aliphatic carbocycles. The standard InChI is InChI=1S/C46H66N6O7/c1-34(2)29-41(51(33-53)27-15-5-3-13-25-47)43(55)49-39(30-35-17-9-7-10-18-35)45(57)52(28-16-6-4-14-26-48)42(32-37-21-23-38(54)24-22-37)44(56)50-40(46(58)59)31-36-19-11-8-12-20-36/h7-12,17-24,33-34,39-42,54H,3-6,13-16,25-32,47-48H2,1-2H3,(H,49,55)(H,50,56)(H,58,59). The van der Waals surface area contributed by atoms with E-state index in [1.165, 1.54) is 21.9 Å². The SMILES string of the molecule is CC(C)CC(C(=O)NC(Cc1ccccc1)C(=O)N(CCCCCCN)C(Cc1ccc(O)cc1)C(=O)NC(Cc1ccccc1)C(=O)O)N(C=O)CCCCCCN. The van der Waals surface area contributed by atoms with Gasteiger partial charge in [-0.25, -0.2) is 4.79 Å². The number of rotatable bonds is 29. The van der Waals surface area contributed by atoms with E-state index >= 15 is 4.79 Å². The van der Waals surface area contributed by atoms with Crippen LogP contribution in [0.25, 0.3) is 0 Å². The minimum Gasteiger partial charge on any atom is -0.508 e. The van der Waals surface area contributed by atoms with Gasteiger partial charge in [0, 0.05) is 32.4 Å². The highest BCUT2D eigenvalue weighted by molar-refractivity contribution is 5.95. The van der Waals surface area contributed by atoms with Gasteiger partial charge >= 0.3 is 5.97 Å². The molecule has 0 aromatic heterocycles. The number of nitrogens with two attached hydrogens (primary N) is 2. The Hall–Kier alpha value is -5.27. The van der Waals surface area contributed by atoms with E-state index in [2.05, 4.69) is 10.6 Å². The van der Waals surface area contributed by atoms with Crippen molar-refractivity contribution in [1.29, 1.82) is 0 Å². The fourth-order valence-corrected chi connectivity index (χ4v) is 7.15. The second-order valence-corrected chi connectivity index (χ2v) is 15.7. The first-order chi connectivity index (χ1) is 28.5. The maximum atomic E-state index is 15.2. The number of amides is 4. The third-order valence-corrected chi connectivity index (χ3v) is 10.4. The number of carbonyl (C=O) groups is 5. The summed E-state index contributed by atoms with van der Waals surface area (Å²) < 4.78 is 0. The third-order valence-electron chi connectivity index (χ3n) is 10.4. The number of unbranched alkanes of at least 4 members (excludes halogenated alkanes) is 6. The molecule has 0 spiro atoms. The summed E-state index contributed by atoms with van der Waals surface area (Å²) in [4.78, 5) is 72.3. The molecule has 4 unspecified atom stereocenters. The molecule has 8 N–H and O–H groups in total. The molecule has 0 radical (unpaired) electrons. The fourth-order valence-electron chi connectivity index (χ4n) is 7.15. The highest BCUT2D eigenvalue weighted by Gasteiger charge is 2.38. The van der Waals surface area contributed by atoms with Crippen molar-refractivity contribution in [2.75, 3.05) is 26.2 Å². The molecule has 4 atom stereocenters. The highest BCUT2D eigenvalue weighted by atomic mass is 16.4. The number of benzene rings is 3. The molecule has 322 valence electrons. The number of nitrogens with zero attached hydrogens (tertiary/aromatic N) is 2. The largest absolute Gasteiger partial charge is 0.508 e. The van der Waals surface area contributed by atoms with Crippen molar-refractivity contribution in [1.82, 2.24) is 20.4 Å². The average molecular weight is 815 g/mol. The molecule has 3 rings (SSSR count). The summed E-state index contributed by atoms with van der Waals surface area (Å²) in [5.41, 5.74) is 13.5. The lowest BCUT2D eigenvalue weighted by atomic mass is 9.97. The Morgan fingerprint density at radius 1 is 0.627 bits per heavy atom.